The molecule has 3 aliphatic rings. The first-order valence-electron chi connectivity index (χ1n) is 18.5. The number of benzene rings is 4. The highest BCUT2D eigenvalue weighted by Crippen LogP contribution is 2.51. The number of anilines is 1. The molecule has 0 amide bonds. The molecule has 0 atom stereocenters. The molecule has 0 spiro atoms. The first-order valence-corrected chi connectivity index (χ1v) is 24.2. The van der Waals surface area contributed by atoms with Crippen LogP contribution in [-0.2, 0) is 50.6 Å². The molecule has 7 rings (SSSR count). The Hall–Kier alpha value is -3.92. The average molecular weight is 914 g/mol. The fraction of sp³-hybridized carbons (Fsp3) is 0.293. The second kappa shape index (κ2) is 16.1. The maximum absolute atomic E-state index is 11.8. The van der Waals surface area contributed by atoms with Crippen LogP contribution in [0.2, 0.25) is 0 Å². The van der Waals surface area contributed by atoms with Crippen LogP contribution in [0, 0.1) is 0 Å². The van der Waals surface area contributed by atoms with E-state index in [2.05, 4.69) is 9.37 Å². The third-order valence-corrected chi connectivity index (χ3v) is 14.6. The van der Waals surface area contributed by atoms with E-state index in [1.165, 1.54) is 12.1 Å². The molecule has 2 heterocycles. The molecule has 4 aromatic carbocycles. The number of nitrogens with zero attached hydrogens (tertiary/aromatic N) is 2. The second-order valence-corrected chi connectivity index (χ2v) is 21.3. The normalized spacial score (nSPS) is 19.2. The van der Waals surface area contributed by atoms with Gasteiger partial charge in [-0.2, -0.15) is 8.91 Å². The van der Waals surface area contributed by atoms with Gasteiger partial charge in [-0.15, -0.1) is 0 Å². The Bertz CT molecular complexity index is 2970. The molecular formula is C41H38ClN2O12S4-3. The van der Waals surface area contributed by atoms with Gasteiger partial charge in [-0.1, -0.05) is 55.8 Å². The van der Waals surface area contributed by atoms with Gasteiger partial charge in [0.2, 0.25) is 5.69 Å². The minimum Gasteiger partial charge on any atom is -0.748 e. The van der Waals surface area contributed by atoms with E-state index in [0.29, 0.717) is 44.9 Å². The Kier molecular flexibility index (Phi) is 11.8. The summed E-state index contributed by atoms with van der Waals surface area (Å²) < 4.78 is 113. The van der Waals surface area contributed by atoms with E-state index in [9.17, 15) is 44.2 Å². The summed E-state index contributed by atoms with van der Waals surface area (Å²) in [7, 11) is -13.9. The molecule has 0 radical (unpaired) electrons. The van der Waals surface area contributed by atoms with Crippen molar-refractivity contribution in [3.05, 3.63) is 118 Å². The Balaban J connectivity index is 1.26. The number of halogens is 1. The molecule has 0 N–H and O–H groups in total. The first-order chi connectivity index (χ1) is 28.0. The highest BCUT2D eigenvalue weighted by molar-refractivity contribution is 7.94. The number of rotatable bonds is 13. The van der Waals surface area contributed by atoms with Gasteiger partial charge >= 0.3 is 0 Å². The van der Waals surface area contributed by atoms with Crippen molar-refractivity contribution in [2.45, 2.75) is 61.2 Å². The number of hydrogen-bond acceptors (Lipinski definition) is 14. The molecule has 0 fully saturated rings. The summed E-state index contributed by atoms with van der Waals surface area (Å²) in [6, 6.07) is 16.7. The first kappa shape index (κ1) is 44.1. The van der Waals surface area contributed by atoms with Gasteiger partial charge < -0.3 is 23.8 Å². The van der Waals surface area contributed by atoms with E-state index in [1.54, 1.807) is 28.8 Å². The van der Waals surface area contributed by atoms with Crippen LogP contribution in [-0.4, -0.2) is 73.8 Å². The van der Waals surface area contributed by atoms with Gasteiger partial charge in [0.15, 0.2) is 12.3 Å². The van der Waals surface area contributed by atoms with E-state index in [0.717, 1.165) is 56.5 Å². The highest BCUT2D eigenvalue weighted by Gasteiger charge is 2.46. The van der Waals surface area contributed by atoms with Gasteiger partial charge in [0.05, 0.1) is 44.0 Å². The van der Waals surface area contributed by atoms with Crippen LogP contribution in [0.1, 0.15) is 51.7 Å². The van der Waals surface area contributed by atoms with E-state index in [4.69, 9.17) is 11.6 Å². The van der Waals surface area contributed by atoms with Gasteiger partial charge in [0, 0.05) is 51.0 Å². The fourth-order valence-electron chi connectivity index (χ4n) is 8.66. The number of fused-ring (bicyclic) bond motifs is 6. The van der Waals surface area contributed by atoms with Crippen LogP contribution in [0.25, 0.3) is 21.5 Å². The average Bonchev–Trinajstić information content (AvgIpc) is 3.70. The second-order valence-electron chi connectivity index (χ2n) is 15.7. The zero-order valence-electron chi connectivity index (χ0n) is 32.6. The summed E-state index contributed by atoms with van der Waals surface area (Å²) in [6.45, 7) is 7.65. The standard InChI is InChI=1S/C41H41ClN2O12S4/c1-40(2)35(43(19-21-58(46,47)48)33-15-7-27-23-29(57-56-55-45)11-13-31(27)37(33)40)17-9-25-5-6-26(39(25)42)10-18-36-41(3,4)38-32-14-12-30(60(52,53)54)24-28(32)8-16-34(38)44(36)20-22-59(49,50)51/h7-18,23-24H,5-6,19-22H2,1-4H3,(H3-,45,46,47,48,49,50,51,52,53,54)/p-3. The zero-order chi connectivity index (χ0) is 43.6. The molecule has 2 aliphatic heterocycles. The predicted molar refractivity (Wildman–Crippen MR) is 224 cm³/mol. The highest BCUT2D eigenvalue weighted by atomic mass is 35.5. The van der Waals surface area contributed by atoms with Gasteiger partial charge in [0.1, 0.15) is 20.2 Å². The molecule has 60 heavy (non-hydrogen) atoms. The van der Waals surface area contributed by atoms with Crippen molar-refractivity contribution in [1.29, 1.82) is 0 Å². The van der Waals surface area contributed by atoms with Crippen molar-refractivity contribution in [3.8, 4) is 0 Å². The van der Waals surface area contributed by atoms with Crippen LogP contribution in [0.3, 0.4) is 0 Å². The van der Waals surface area contributed by atoms with Crippen LogP contribution < -0.4 is 10.2 Å². The molecule has 1 aliphatic carbocycles. The summed E-state index contributed by atoms with van der Waals surface area (Å²) in [5.41, 5.74) is 4.62. The summed E-state index contributed by atoms with van der Waals surface area (Å²) in [4.78, 5) is 2.09. The largest absolute Gasteiger partial charge is 0.748 e. The molecule has 0 saturated carbocycles. The Morgan fingerprint density at radius 2 is 1.47 bits per heavy atom. The molecule has 0 saturated heterocycles. The molecular weight excluding hydrogens is 876 g/mol. The van der Waals surface area contributed by atoms with Crippen molar-refractivity contribution < 1.29 is 58.1 Å². The van der Waals surface area contributed by atoms with E-state index in [1.807, 2.05) is 81.2 Å². The summed E-state index contributed by atoms with van der Waals surface area (Å²) >= 11 is 7.81. The molecule has 0 bridgehead atoms. The van der Waals surface area contributed by atoms with Crippen molar-refractivity contribution >= 4 is 92.6 Å². The minimum atomic E-state index is -4.72. The Morgan fingerprint density at radius 3 is 2.15 bits per heavy atom. The Morgan fingerprint density at radius 1 is 0.800 bits per heavy atom. The quantitative estimate of drug-likeness (QED) is 0.0491. The maximum atomic E-state index is 11.8. The monoisotopic (exact) mass is 913 g/mol. The van der Waals surface area contributed by atoms with Crippen LogP contribution >= 0.6 is 23.6 Å². The molecule has 0 unspecified atom stereocenters. The summed E-state index contributed by atoms with van der Waals surface area (Å²) in [6.07, 6.45) is 8.60. The van der Waals surface area contributed by atoms with Gasteiger partial charge in [-0.05, 0) is 107 Å². The zero-order valence-corrected chi connectivity index (χ0v) is 36.7. The van der Waals surface area contributed by atoms with E-state index >= 15 is 0 Å². The van der Waals surface area contributed by atoms with Crippen molar-refractivity contribution in [3.63, 3.8) is 0 Å². The van der Waals surface area contributed by atoms with E-state index in [-0.39, 0.29) is 18.0 Å². The lowest BCUT2D eigenvalue weighted by atomic mass is 9.79. The third kappa shape index (κ3) is 8.60. The van der Waals surface area contributed by atoms with Crippen LogP contribution in [0.4, 0.5) is 11.4 Å². The molecule has 19 heteroatoms. The summed E-state index contributed by atoms with van der Waals surface area (Å²) in [5, 5.41) is 17.3. The van der Waals surface area contributed by atoms with Gasteiger partial charge in [0.25, 0.3) is 0 Å². The SMILES string of the molecule is CC1(C)C(=CC=C2CCC(C=CC3=[N+](CCS(=O)(=O)[O-])c4ccc5cc(S(=O)(=O)[O-])ccc5c4C3(C)C)=C2Cl)N(CCS(=O)(=O)[O-])c2ccc3cc(SOO[O-])ccc3c21. The van der Waals surface area contributed by atoms with E-state index < -0.39 is 52.7 Å². The van der Waals surface area contributed by atoms with Gasteiger partial charge in [-0.3, -0.25) is 5.04 Å². The smallest absolute Gasteiger partial charge is 0.210 e. The topological polar surface area (TPSA) is 219 Å². The van der Waals surface area contributed by atoms with Gasteiger partial charge in [-0.25, -0.2) is 25.3 Å². The molecule has 0 aromatic heterocycles. The summed E-state index contributed by atoms with van der Waals surface area (Å²) in [5.74, 6) is -1.29. The molecule has 318 valence electrons. The lowest BCUT2D eigenvalue weighted by molar-refractivity contribution is -0.777. The lowest BCUT2D eigenvalue weighted by Crippen LogP contribution is -2.30. The maximum Gasteiger partial charge on any atom is 0.210 e. The minimum absolute atomic E-state index is 0.0852. The van der Waals surface area contributed by atoms with Crippen molar-refractivity contribution in [1.82, 2.24) is 0 Å². The van der Waals surface area contributed by atoms with Crippen molar-refractivity contribution in [2.24, 2.45) is 0 Å². The fourth-order valence-corrected chi connectivity index (χ4v) is 10.7. The van der Waals surface area contributed by atoms with Crippen LogP contribution in [0.15, 0.2) is 117 Å². The number of hydrogen-bond donors (Lipinski definition) is 0. The lowest BCUT2D eigenvalue weighted by Gasteiger charge is -2.27. The third-order valence-electron chi connectivity index (χ3n) is 11.3. The molecule has 14 nitrogen and oxygen atoms in total. The predicted octanol–water partition coefficient (Wildman–Crippen LogP) is 6.05. The van der Waals surface area contributed by atoms with Crippen molar-refractivity contribution in [2.75, 3.05) is 29.5 Å². The Labute approximate surface area is 357 Å². The van der Waals surface area contributed by atoms with Crippen LogP contribution in [0.5, 0.6) is 0 Å². The number of allylic oxidation sites excluding steroid dienone is 8. The molecule has 4 aromatic rings.